The van der Waals surface area contributed by atoms with Gasteiger partial charge in [0.2, 0.25) is 0 Å². The molecule has 3 rings (SSSR count). The van der Waals surface area contributed by atoms with E-state index in [4.69, 9.17) is 23.2 Å². The minimum Gasteiger partial charge on any atom is -1.00 e. The van der Waals surface area contributed by atoms with Crippen LogP contribution in [0.2, 0.25) is 10.0 Å². The van der Waals surface area contributed by atoms with Crippen LogP contribution in [0.5, 0.6) is 0 Å². The van der Waals surface area contributed by atoms with Gasteiger partial charge in [0.05, 0.1) is 16.1 Å². The number of benzene rings is 1. The van der Waals surface area contributed by atoms with Crippen molar-refractivity contribution in [2.75, 3.05) is 0 Å². The molecule has 0 aromatic heterocycles. The fraction of sp³-hybridized carbons (Fsp3) is 0.667. The van der Waals surface area contributed by atoms with Crippen molar-refractivity contribution in [1.82, 2.24) is 0 Å². The summed E-state index contributed by atoms with van der Waals surface area (Å²) < 4.78 is 0. The second kappa shape index (κ2) is 7.75. The third kappa shape index (κ3) is 3.59. The third-order valence-electron chi connectivity index (χ3n) is 5.66. The average Bonchev–Trinajstić information content (AvgIpc) is 2.42. The molecule has 1 nitrogen and oxygen atoms in total. The third-order valence-corrected chi connectivity index (χ3v) is 6.40. The number of rotatable bonds is 4. The minimum absolute atomic E-state index is 0. The standard InChI is InChI=1S/C18H24Cl2O.ClH/c19-15-8-7-14(12-16(15)20)18(9-4-10-18)17(21)11-13-5-2-1-3-6-13;/h7-8,12-13,17,21H,1-6,9-11H2;1H/p-1. The van der Waals surface area contributed by atoms with Crippen LogP contribution in [-0.2, 0) is 5.41 Å². The highest BCUT2D eigenvalue weighted by atomic mass is 35.5. The van der Waals surface area contributed by atoms with Crippen LogP contribution in [0.1, 0.15) is 63.4 Å². The Kier molecular flexibility index (Phi) is 6.48. The Hall–Kier alpha value is 0.0500. The molecule has 1 atom stereocenters. The van der Waals surface area contributed by atoms with Crippen molar-refractivity contribution in [2.45, 2.75) is 69.3 Å². The average molecular weight is 363 g/mol. The molecule has 0 bridgehead atoms. The quantitative estimate of drug-likeness (QED) is 0.873. The van der Waals surface area contributed by atoms with E-state index in [2.05, 4.69) is 6.07 Å². The zero-order valence-corrected chi connectivity index (χ0v) is 15.1. The number of hydrogen-bond acceptors (Lipinski definition) is 1. The van der Waals surface area contributed by atoms with Gasteiger partial charge in [-0.1, -0.05) is 67.8 Å². The maximum absolute atomic E-state index is 10.9. The Morgan fingerprint density at radius 3 is 2.27 bits per heavy atom. The molecule has 2 fully saturated rings. The number of aliphatic hydroxyl groups excluding tert-OH is 1. The molecule has 0 amide bonds. The summed E-state index contributed by atoms with van der Waals surface area (Å²) >= 11 is 12.2. The summed E-state index contributed by atoms with van der Waals surface area (Å²) in [6.45, 7) is 0. The molecular weight excluding hydrogens is 339 g/mol. The largest absolute Gasteiger partial charge is 1.00 e. The molecule has 2 aliphatic carbocycles. The smallest absolute Gasteiger partial charge is 0.0639 e. The summed E-state index contributed by atoms with van der Waals surface area (Å²) in [7, 11) is 0. The van der Waals surface area contributed by atoms with Gasteiger partial charge < -0.3 is 17.5 Å². The summed E-state index contributed by atoms with van der Waals surface area (Å²) in [6, 6.07) is 5.89. The van der Waals surface area contributed by atoms with Crippen molar-refractivity contribution in [3.63, 3.8) is 0 Å². The van der Waals surface area contributed by atoms with Gasteiger partial charge in [0.1, 0.15) is 0 Å². The summed E-state index contributed by atoms with van der Waals surface area (Å²) in [6.07, 6.45) is 10.6. The lowest BCUT2D eigenvalue weighted by atomic mass is 9.59. The van der Waals surface area contributed by atoms with Gasteiger partial charge in [0.25, 0.3) is 0 Å². The molecule has 1 unspecified atom stereocenters. The van der Waals surface area contributed by atoms with E-state index in [-0.39, 0.29) is 23.9 Å². The molecule has 0 heterocycles. The zero-order chi connectivity index (χ0) is 14.9. The van der Waals surface area contributed by atoms with Gasteiger partial charge in [-0.3, -0.25) is 0 Å². The lowest BCUT2D eigenvalue weighted by Crippen LogP contribution is -3.00. The van der Waals surface area contributed by atoms with Crippen molar-refractivity contribution in [2.24, 2.45) is 5.92 Å². The Labute approximate surface area is 149 Å². The van der Waals surface area contributed by atoms with Gasteiger partial charge >= 0.3 is 0 Å². The fourth-order valence-corrected chi connectivity index (χ4v) is 4.44. The Bertz CT molecular complexity index is 493. The van der Waals surface area contributed by atoms with Crippen LogP contribution in [0.4, 0.5) is 0 Å². The van der Waals surface area contributed by atoms with E-state index in [0.717, 1.165) is 19.3 Å². The van der Waals surface area contributed by atoms with Crippen molar-refractivity contribution in [1.29, 1.82) is 0 Å². The van der Waals surface area contributed by atoms with Gasteiger partial charge in [0.15, 0.2) is 0 Å². The van der Waals surface area contributed by atoms with E-state index in [0.29, 0.717) is 16.0 Å². The Balaban J connectivity index is 0.00000176. The predicted octanol–water partition coefficient (Wildman–Crippen LogP) is 2.75. The number of halogens is 3. The number of aliphatic hydroxyl groups is 1. The van der Waals surface area contributed by atoms with E-state index in [1.165, 1.54) is 44.1 Å². The summed E-state index contributed by atoms with van der Waals surface area (Å²) in [5.74, 6) is 0.703. The van der Waals surface area contributed by atoms with Crippen LogP contribution in [0, 0.1) is 5.92 Å². The highest BCUT2D eigenvalue weighted by molar-refractivity contribution is 6.42. The molecule has 124 valence electrons. The second-order valence-electron chi connectivity index (χ2n) is 6.89. The molecule has 0 radical (unpaired) electrons. The van der Waals surface area contributed by atoms with Crippen LogP contribution >= 0.6 is 23.2 Å². The van der Waals surface area contributed by atoms with Crippen LogP contribution in [0.3, 0.4) is 0 Å². The van der Waals surface area contributed by atoms with Crippen LogP contribution in [0.15, 0.2) is 18.2 Å². The van der Waals surface area contributed by atoms with Gasteiger partial charge in [-0.15, -0.1) is 0 Å². The molecule has 0 aliphatic heterocycles. The number of hydrogen-bond donors (Lipinski definition) is 1. The van der Waals surface area contributed by atoms with Crippen molar-refractivity contribution in [3.05, 3.63) is 33.8 Å². The van der Waals surface area contributed by atoms with Gasteiger partial charge in [-0.25, -0.2) is 0 Å². The molecule has 0 spiro atoms. The molecule has 22 heavy (non-hydrogen) atoms. The van der Waals surface area contributed by atoms with Crippen molar-refractivity contribution >= 4 is 23.2 Å². The van der Waals surface area contributed by atoms with Gasteiger partial charge in [0, 0.05) is 5.41 Å². The molecule has 4 heteroatoms. The predicted molar refractivity (Wildman–Crippen MR) is 89.2 cm³/mol. The molecule has 1 aromatic carbocycles. The summed E-state index contributed by atoms with van der Waals surface area (Å²) in [5.41, 5.74) is 1.09. The van der Waals surface area contributed by atoms with Crippen LogP contribution in [0.25, 0.3) is 0 Å². The summed E-state index contributed by atoms with van der Waals surface area (Å²) in [5, 5.41) is 12.1. The first-order valence-electron chi connectivity index (χ1n) is 8.25. The normalized spacial score (nSPS) is 22.5. The van der Waals surface area contributed by atoms with Gasteiger partial charge in [-0.05, 0) is 42.9 Å². The molecule has 2 aliphatic rings. The second-order valence-corrected chi connectivity index (χ2v) is 7.71. The lowest BCUT2D eigenvalue weighted by molar-refractivity contribution is -0.0000210. The SMILES string of the molecule is OC(CC1CCCCC1)C1(c2ccc(Cl)c(Cl)c2)CCC1.[Cl-]. The van der Waals surface area contributed by atoms with E-state index in [1.807, 2.05) is 12.1 Å². The monoisotopic (exact) mass is 361 g/mol. The summed E-state index contributed by atoms with van der Waals surface area (Å²) in [4.78, 5) is 0. The van der Waals surface area contributed by atoms with E-state index >= 15 is 0 Å². The molecule has 1 N–H and O–H groups in total. The van der Waals surface area contributed by atoms with Crippen molar-refractivity contribution < 1.29 is 17.5 Å². The first-order valence-corrected chi connectivity index (χ1v) is 9.01. The molecule has 0 saturated heterocycles. The highest BCUT2D eigenvalue weighted by Gasteiger charge is 2.45. The van der Waals surface area contributed by atoms with Crippen LogP contribution < -0.4 is 12.4 Å². The Morgan fingerprint density at radius 2 is 1.73 bits per heavy atom. The molecule has 1 aromatic rings. The maximum atomic E-state index is 10.9. The molecule has 2 saturated carbocycles. The first kappa shape index (κ1) is 18.4. The minimum atomic E-state index is -0.244. The lowest BCUT2D eigenvalue weighted by Gasteiger charge is -2.47. The highest BCUT2D eigenvalue weighted by Crippen LogP contribution is 2.49. The van der Waals surface area contributed by atoms with Crippen LogP contribution in [-0.4, -0.2) is 11.2 Å². The van der Waals surface area contributed by atoms with E-state index in [1.54, 1.807) is 0 Å². The zero-order valence-electron chi connectivity index (χ0n) is 12.8. The maximum Gasteiger partial charge on any atom is 0.0639 e. The Morgan fingerprint density at radius 1 is 1.05 bits per heavy atom. The molecular formula is C18H24Cl3O-. The topological polar surface area (TPSA) is 20.2 Å². The van der Waals surface area contributed by atoms with Crippen molar-refractivity contribution in [3.8, 4) is 0 Å². The van der Waals surface area contributed by atoms with Gasteiger partial charge in [-0.2, -0.15) is 0 Å². The fourth-order valence-electron chi connectivity index (χ4n) is 4.14. The van der Waals surface area contributed by atoms with E-state index < -0.39 is 0 Å². The van der Waals surface area contributed by atoms with E-state index in [9.17, 15) is 5.11 Å². The first-order chi connectivity index (χ1) is 10.1.